The molecule has 4 heteroatoms. The molecule has 58 valence electrons. The molecule has 0 aliphatic rings. The fourth-order valence-corrected chi connectivity index (χ4v) is 0.847. The van der Waals surface area contributed by atoms with Gasteiger partial charge in [-0.1, -0.05) is 36.9 Å². The van der Waals surface area contributed by atoms with Crippen molar-refractivity contribution in [3.8, 4) is 0 Å². The number of hydrogen-bond acceptors (Lipinski definition) is 2. The minimum Gasteiger partial charge on any atom is -1.00 e. The second-order valence-electron chi connectivity index (χ2n) is 2.25. The first-order chi connectivity index (χ1) is 5.24. The molecule has 0 saturated carbocycles. The van der Waals surface area contributed by atoms with Gasteiger partial charge in [0.15, 0.2) is 0 Å². The first-order valence-corrected chi connectivity index (χ1v) is 3.32. The van der Waals surface area contributed by atoms with Crippen LogP contribution in [0.5, 0.6) is 0 Å². The summed E-state index contributed by atoms with van der Waals surface area (Å²) in [5.74, 6) is 0. The van der Waals surface area contributed by atoms with E-state index < -0.39 is 7.12 Å². The third kappa shape index (κ3) is 3.53. The first kappa shape index (κ1) is 12.6. The predicted octanol–water partition coefficient (Wildman–Crippen LogP) is -2.87. The van der Waals surface area contributed by atoms with Crippen molar-refractivity contribution in [2.24, 2.45) is 0 Å². The van der Waals surface area contributed by atoms with E-state index in [1.807, 2.05) is 6.07 Å². The molecule has 0 heterocycles. The summed E-state index contributed by atoms with van der Waals surface area (Å²) in [5.41, 5.74) is 1.37. The maximum absolute atomic E-state index is 8.76. The van der Waals surface area contributed by atoms with E-state index in [4.69, 9.17) is 10.0 Å². The minimum absolute atomic E-state index is 0. The molecule has 0 radical (unpaired) electrons. The average molecular weight is 188 g/mol. The molecular formula is C8H10BKO2. The van der Waals surface area contributed by atoms with Crippen molar-refractivity contribution in [2.45, 2.75) is 0 Å². The fourth-order valence-electron chi connectivity index (χ4n) is 0.847. The summed E-state index contributed by atoms with van der Waals surface area (Å²) in [6.07, 6.45) is 1.66. The molecule has 0 unspecified atom stereocenters. The van der Waals surface area contributed by atoms with Crippen LogP contribution in [0.4, 0.5) is 0 Å². The van der Waals surface area contributed by atoms with Gasteiger partial charge in [-0.2, -0.15) is 0 Å². The monoisotopic (exact) mass is 188 g/mol. The van der Waals surface area contributed by atoms with Gasteiger partial charge in [-0.25, -0.2) is 0 Å². The molecule has 0 aliphatic carbocycles. The summed E-state index contributed by atoms with van der Waals surface area (Å²) in [5, 5.41) is 17.5. The number of hydrogen-bond donors (Lipinski definition) is 2. The molecule has 12 heavy (non-hydrogen) atoms. The van der Waals surface area contributed by atoms with E-state index in [1.165, 1.54) is 0 Å². The van der Waals surface area contributed by atoms with Crippen LogP contribution >= 0.6 is 0 Å². The Morgan fingerprint density at radius 2 is 2.08 bits per heavy atom. The van der Waals surface area contributed by atoms with Gasteiger partial charge >= 0.3 is 58.5 Å². The molecule has 2 N–H and O–H groups in total. The van der Waals surface area contributed by atoms with E-state index >= 15 is 0 Å². The van der Waals surface area contributed by atoms with Crippen molar-refractivity contribution in [1.82, 2.24) is 0 Å². The summed E-state index contributed by atoms with van der Waals surface area (Å²) in [6.45, 7) is 3.57. The van der Waals surface area contributed by atoms with Crippen molar-refractivity contribution in [3.63, 3.8) is 0 Å². The molecule has 2 nitrogen and oxygen atoms in total. The van der Waals surface area contributed by atoms with Gasteiger partial charge < -0.3 is 11.5 Å². The summed E-state index contributed by atoms with van der Waals surface area (Å²) < 4.78 is 0. The molecule has 0 amide bonds. The third-order valence-electron chi connectivity index (χ3n) is 1.44. The molecule has 0 fully saturated rings. The predicted molar refractivity (Wildman–Crippen MR) is 47.5 cm³/mol. The normalized spacial score (nSPS) is 8.50. The van der Waals surface area contributed by atoms with Crippen molar-refractivity contribution in [2.75, 3.05) is 0 Å². The Balaban J connectivity index is 0. The zero-order valence-corrected chi connectivity index (χ0v) is 10.2. The van der Waals surface area contributed by atoms with Crippen molar-refractivity contribution in [3.05, 3.63) is 36.4 Å². The number of rotatable bonds is 2. The van der Waals surface area contributed by atoms with Crippen molar-refractivity contribution in [1.29, 1.82) is 0 Å². The van der Waals surface area contributed by atoms with Gasteiger partial charge in [0, 0.05) is 0 Å². The van der Waals surface area contributed by atoms with Gasteiger partial charge in [-0.05, 0) is 11.0 Å². The van der Waals surface area contributed by atoms with E-state index in [9.17, 15) is 0 Å². The van der Waals surface area contributed by atoms with Crippen LogP contribution in [0.15, 0.2) is 30.8 Å². The van der Waals surface area contributed by atoms with E-state index in [-0.39, 0.29) is 52.8 Å². The van der Waals surface area contributed by atoms with Crippen molar-refractivity contribution < 1.29 is 62.9 Å². The van der Waals surface area contributed by atoms with Gasteiger partial charge in [0.1, 0.15) is 0 Å². The smallest absolute Gasteiger partial charge is 1.00 e. The Kier molecular flexibility index (Phi) is 6.39. The van der Waals surface area contributed by atoms with Crippen LogP contribution in [-0.2, 0) is 0 Å². The van der Waals surface area contributed by atoms with Gasteiger partial charge in [0.05, 0.1) is 0 Å². The molecule has 1 aromatic carbocycles. The van der Waals surface area contributed by atoms with E-state index in [1.54, 1.807) is 24.3 Å². The SMILES string of the molecule is C=Cc1cccc(B(O)O)c1.[H-].[K+]. The van der Waals surface area contributed by atoms with Gasteiger partial charge in [0.25, 0.3) is 0 Å². The molecule has 0 aliphatic heterocycles. The topological polar surface area (TPSA) is 40.5 Å². The zero-order valence-electron chi connectivity index (χ0n) is 8.07. The molecule has 1 aromatic rings. The van der Waals surface area contributed by atoms with Gasteiger partial charge in [-0.15, -0.1) is 0 Å². The van der Waals surface area contributed by atoms with Crippen LogP contribution in [0.25, 0.3) is 6.08 Å². The largest absolute Gasteiger partial charge is 1.00 e. The number of benzene rings is 1. The Hall–Kier alpha value is 0.581. The molecule has 0 atom stereocenters. The van der Waals surface area contributed by atoms with Gasteiger partial charge in [0.2, 0.25) is 0 Å². The van der Waals surface area contributed by atoms with E-state index in [2.05, 4.69) is 6.58 Å². The molecule has 0 saturated heterocycles. The van der Waals surface area contributed by atoms with Gasteiger partial charge in [-0.3, -0.25) is 0 Å². The Bertz CT molecular complexity index is 268. The summed E-state index contributed by atoms with van der Waals surface area (Å²) in [4.78, 5) is 0. The van der Waals surface area contributed by atoms with Crippen LogP contribution in [-0.4, -0.2) is 17.2 Å². The molecule has 0 bridgehead atoms. The standard InChI is InChI=1S/C8H9BO2.K.H/c1-2-7-4-3-5-8(6-7)9(10)11;;/h2-6,10-11H,1H2;;/q;+1;-1. The fraction of sp³-hybridized carbons (Fsp3) is 0. The van der Waals surface area contributed by atoms with Crippen LogP contribution in [0, 0.1) is 0 Å². The van der Waals surface area contributed by atoms with Crippen LogP contribution in [0.2, 0.25) is 0 Å². The average Bonchev–Trinajstić information content (AvgIpc) is 2.05. The van der Waals surface area contributed by atoms with Crippen LogP contribution in [0.1, 0.15) is 6.99 Å². The molecule has 0 spiro atoms. The Morgan fingerprint density at radius 3 is 2.58 bits per heavy atom. The zero-order chi connectivity index (χ0) is 8.27. The minimum atomic E-state index is -1.39. The molecule has 1 rings (SSSR count). The second kappa shape index (κ2) is 6.10. The maximum Gasteiger partial charge on any atom is 1.00 e. The molecular weight excluding hydrogens is 178 g/mol. The summed E-state index contributed by atoms with van der Waals surface area (Å²) in [7, 11) is -1.39. The first-order valence-electron chi connectivity index (χ1n) is 3.32. The summed E-state index contributed by atoms with van der Waals surface area (Å²) in [6, 6.07) is 6.93. The van der Waals surface area contributed by atoms with Crippen LogP contribution < -0.4 is 56.8 Å². The molecule has 0 aromatic heterocycles. The van der Waals surface area contributed by atoms with E-state index in [0.717, 1.165) is 5.56 Å². The van der Waals surface area contributed by atoms with Crippen LogP contribution in [0.3, 0.4) is 0 Å². The Morgan fingerprint density at radius 1 is 1.42 bits per heavy atom. The van der Waals surface area contributed by atoms with Crippen molar-refractivity contribution >= 4 is 18.7 Å². The van der Waals surface area contributed by atoms with E-state index in [0.29, 0.717) is 5.46 Å². The maximum atomic E-state index is 8.76. The third-order valence-corrected chi connectivity index (χ3v) is 1.44. The quantitative estimate of drug-likeness (QED) is 0.490. The summed E-state index contributed by atoms with van der Waals surface area (Å²) >= 11 is 0. The Labute approximate surface area is 116 Å². The second-order valence-corrected chi connectivity index (χ2v) is 2.25.